The van der Waals surface area contributed by atoms with E-state index in [1.807, 2.05) is 70.5 Å². The lowest BCUT2D eigenvalue weighted by Crippen LogP contribution is -2.99. The average Bonchev–Trinajstić information content (AvgIpc) is 3.69. The van der Waals surface area contributed by atoms with Gasteiger partial charge in [-0.2, -0.15) is 0 Å². The Morgan fingerprint density at radius 3 is 1.52 bits per heavy atom. The van der Waals surface area contributed by atoms with E-state index in [2.05, 4.69) is 13.8 Å². The predicted molar refractivity (Wildman–Crippen MR) is 199 cm³/mol. The Morgan fingerprint density at radius 2 is 1.10 bits per heavy atom. The maximum absolute atomic E-state index is 15.0. The first-order chi connectivity index (χ1) is 25.0. The lowest BCUT2D eigenvalue weighted by molar-refractivity contribution is -0.489. The highest BCUT2D eigenvalue weighted by Crippen LogP contribution is 2.97. The molecule has 10 rings (SSSR count). The van der Waals surface area contributed by atoms with E-state index in [4.69, 9.17) is 32.7 Å². The van der Waals surface area contributed by atoms with Crippen LogP contribution in [0, 0.1) is 46.3 Å². The van der Waals surface area contributed by atoms with Gasteiger partial charge < -0.3 is 19.3 Å². The molecular formula is C42H38Cl2N2O6. The number of ether oxygens (including phenoxy) is 2. The smallest absolute Gasteiger partial charge is 0.308 e. The van der Waals surface area contributed by atoms with E-state index in [1.165, 1.54) is 13.8 Å². The Kier molecular flexibility index (Phi) is 6.70. The number of halogens is 2. The fourth-order valence-corrected chi connectivity index (χ4v) is 13.2. The van der Waals surface area contributed by atoms with Gasteiger partial charge >= 0.3 is 11.9 Å². The van der Waals surface area contributed by atoms with Gasteiger partial charge in [-0.25, -0.2) is 0 Å². The van der Waals surface area contributed by atoms with Gasteiger partial charge in [-0.3, -0.25) is 19.2 Å². The second-order valence-electron chi connectivity index (χ2n) is 16.1. The molecule has 2 aliphatic heterocycles. The maximum atomic E-state index is 15.0. The number of hydrogen-bond donors (Lipinski definition) is 0. The number of alkyl halides is 2. The first-order valence-corrected chi connectivity index (χ1v) is 19.3. The number of nitrogens with zero attached hydrogens (tertiary/aromatic N) is 2. The molecule has 2 amide bonds. The van der Waals surface area contributed by atoms with E-state index < -0.39 is 22.8 Å². The molecule has 4 aromatic rings. The van der Waals surface area contributed by atoms with E-state index in [-0.39, 0.29) is 53.2 Å². The second-order valence-corrected chi connectivity index (χ2v) is 16.7. The summed E-state index contributed by atoms with van der Waals surface area (Å²) in [6.45, 7) is 8.07. The quantitative estimate of drug-likeness (QED) is 0.115. The number of carbonyl (C=O) groups excluding carboxylic acids is 4. The van der Waals surface area contributed by atoms with Crippen LogP contribution in [0.4, 0.5) is 11.4 Å². The minimum absolute atomic E-state index is 0.0555. The van der Waals surface area contributed by atoms with Crippen molar-refractivity contribution >= 4 is 79.9 Å². The van der Waals surface area contributed by atoms with Crippen LogP contribution in [0.2, 0.25) is 0 Å². The van der Waals surface area contributed by atoms with Gasteiger partial charge in [0.15, 0.2) is 0 Å². The molecule has 4 aromatic carbocycles. The Labute approximate surface area is 311 Å². The Morgan fingerprint density at radius 1 is 0.673 bits per heavy atom. The fraction of sp³-hybridized carbons (Fsp3) is 0.429. The highest BCUT2D eigenvalue weighted by molar-refractivity contribution is 6.20. The minimum atomic E-state index is -0.611. The predicted octanol–water partition coefficient (Wildman–Crippen LogP) is 7.65. The van der Waals surface area contributed by atoms with Gasteiger partial charge in [-0.1, -0.05) is 62.4 Å². The van der Waals surface area contributed by atoms with Crippen molar-refractivity contribution < 1.29 is 28.7 Å². The normalized spacial score (nSPS) is 34.0. The molecule has 0 bridgehead atoms. The Hall–Kier alpha value is -4.14. The third-order valence-corrected chi connectivity index (χ3v) is 14.9. The molecule has 266 valence electrons. The summed E-state index contributed by atoms with van der Waals surface area (Å²) in [5, 5.41) is 3.52. The van der Waals surface area contributed by atoms with Gasteiger partial charge in [0.05, 0.1) is 22.2 Å². The molecule has 0 saturated heterocycles. The minimum Gasteiger partial charge on any atom is -0.426 e. The molecule has 0 aromatic heterocycles. The van der Waals surface area contributed by atoms with Crippen LogP contribution in [-0.2, 0) is 19.2 Å². The molecule has 6 atom stereocenters. The largest absolute Gasteiger partial charge is 0.426 e. The molecule has 4 unspecified atom stereocenters. The van der Waals surface area contributed by atoms with Crippen molar-refractivity contribution in [1.82, 2.24) is 0 Å². The van der Waals surface area contributed by atoms with E-state index >= 15 is 4.79 Å². The number of rotatable bonds is 6. The van der Waals surface area contributed by atoms with Crippen molar-refractivity contribution in [2.45, 2.75) is 39.5 Å². The van der Waals surface area contributed by atoms with Crippen LogP contribution in [0.15, 0.2) is 60.7 Å². The van der Waals surface area contributed by atoms with Crippen LogP contribution in [0.3, 0.4) is 0 Å². The first kappa shape index (κ1) is 32.5. The third kappa shape index (κ3) is 3.61. The Balaban J connectivity index is 0.996. The van der Waals surface area contributed by atoms with Crippen LogP contribution in [0.5, 0.6) is 11.5 Å². The standard InChI is InChI=1S/C42H38Cl2N2O6/c1-19-34-36-38-37(41(36,4)39(49)45-17-22(15-43)32-26-11-7-5-9-24(26)30(13-28(32)45)51-20(2)47)35(19)42(34,38)40(50)46-18-23(16-44)33-27-12-8-6-10-25(27)31(14-29(33)46)52-21(3)48/h5-14,19,22-23,34-38H,15-18H2,1-4H3/t19?,22-,23-,34?,35?,36?,37?,38?,41?,42?/m1/s1. The summed E-state index contributed by atoms with van der Waals surface area (Å²) in [6.07, 6.45) is 0. The van der Waals surface area contributed by atoms with E-state index in [0.717, 1.165) is 44.0 Å². The summed E-state index contributed by atoms with van der Waals surface area (Å²) in [5.41, 5.74) is 2.47. The molecule has 52 heavy (non-hydrogen) atoms. The van der Waals surface area contributed by atoms with Gasteiger partial charge in [0.2, 0.25) is 11.8 Å². The number of amides is 2. The number of carbonyl (C=O) groups is 4. The summed E-state index contributed by atoms with van der Waals surface area (Å²) in [4.78, 5) is 58.1. The van der Waals surface area contributed by atoms with Gasteiger partial charge in [-0.15, -0.1) is 23.2 Å². The molecule has 8 nitrogen and oxygen atoms in total. The fourth-order valence-electron chi connectivity index (χ4n) is 12.7. The molecule has 10 heteroatoms. The van der Waals surface area contributed by atoms with E-state index in [1.54, 1.807) is 0 Å². The number of hydrogen-bond acceptors (Lipinski definition) is 6. The zero-order valence-electron chi connectivity index (χ0n) is 29.3. The van der Waals surface area contributed by atoms with Crippen LogP contribution in [0.1, 0.15) is 50.7 Å². The number of esters is 2. The van der Waals surface area contributed by atoms with Gasteiger partial charge in [0.25, 0.3) is 0 Å². The number of fused-ring (bicyclic) bond motifs is 8. The van der Waals surface area contributed by atoms with Gasteiger partial charge in [0.1, 0.15) is 11.5 Å². The average molecular weight is 738 g/mol. The van der Waals surface area contributed by atoms with Crippen molar-refractivity contribution in [3.8, 4) is 11.5 Å². The molecule has 2 heterocycles. The van der Waals surface area contributed by atoms with E-state index in [9.17, 15) is 14.4 Å². The SMILES string of the molecule is CC(=O)Oc1cc2c(c3ccccc13)[C@H](CCl)CN2C(=O)C1(C)C2C3C(C)C4C1C2C34C(=O)N1C[C@@H](CCl)c2c1cc(OC(C)=O)c1ccccc21. The molecule has 0 radical (unpaired) electrons. The lowest BCUT2D eigenvalue weighted by atomic mass is 9.05. The molecule has 4 fully saturated rings. The summed E-state index contributed by atoms with van der Waals surface area (Å²) in [7, 11) is 0. The molecule has 4 aliphatic carbocycles. The van der Waals surface area contributed by atoms with Gasteiger partial charge in [0, 0.05) is 73.4 Å². The molecule has 0 spiro atoms. The third-order valence-electron chi connectivity index (χ3n) is 14.2. The van der Waals surface area contributed by atoms with Crippen LogP contribution < -0.4 is 19.3 Å². The zero-order valence-corrected chi connectivity index (χ0v) is 30.8. The second kappa shape index (κ2) is 10.7. The highest BCUT2D eigenvalue weighted by Gasteiger charge is 2.99. The molecular weight excluding hydrogens is 699 g/mol. The van der Waals surface area contributed by atoms with Crippen molar-refractivity contribution in [2.75, 3.05) is 34.6 Å². The maximum Gasteiger partial charge on any atom is 0.308 e. The number of anilines is 2. The summed E-state index contributed by atoms with van der Waals surface area (Å²) < 4.78 is 11.4. The summed E-state index contributed by atoms with van der Waals surface area (Å²) in [5.74, 6) is 1.71. The molecule has 0 N–H and O–H groups in total. The van der Waals surface area contributed by atoms with Crippen molar-refractivity contribution in [3.05, 3.63) is 71.8 Å². The number of benzene rings is 4. The van der Waals surface area contributed by atoms with Crippen molar-refractivity contribution in [1.29, 1.82) is 0 Å². The van der Waals surface area contributed by atoms with E-state index in [0.29, 0.717) is 42.3 Å². The zero-order chi connectivity index (χ0) is 36.2. The first-order valence-electron chi connectivity index (χ1n) is 18.2. The topological polar surface area (TPSA) is 93.2 Å². The van der Waals surface area contributed by atoms with Crippen LogP contribution >= 0.6 is 23.2 Å². The van der Waals surface area contributed by atoms with Crippen LogP contribution in [0.25, 0.3) is 21.5 Å². The molecule has 4 saturated carbocycles. The summed E-state index contributed by atoms with van der Waals surface area (Å²) in [6, 6.07) is 19.3. The van der Waals surface area contributed by atoms with Crippen molar-refractivity contribution in [2.24, 2.45) is 46.3 Å². The summed E-state index contributed by atoms with van der Waals surface area (Å²) >= 11 is 13.2. The van der Waals surface area contributed by atoms with Crippen LogP contribution in [-0.4, -0.2) is 48.6 Å². The highest BCUT2D eigenvalue weighted by atomic mass is 35.5. The van der Waals surface area contributed by atoms with Gasteiger partial charge in [-0.05, 0) is 57.4 Å². The monoisotopic (exact) mass is 736 g/mol. The molecule has 6 aliphatic rings. The lowest BCUT2D eigenvalue weighted by Gasteiger charge is -2.97. The Bertz CT molecular complexity index is 2160. The van der Waals surface area contributed by atoms with Crippen molar-refractivity contribution in [3.63, 3.8) is 0 Å².